The maximum Gasteiger partial charge on any atom is 0.121 e. The lowest BCUT2D eigenvalue weighted by Crippen LogP contribution is -2.45. The third-order valence-electron chi connectivity index (χ3n) is 4.16. The van der Waals surface area contributed by atoms with Crippen molar-refractivity contribution in [3.63, 3.8) is 0 Å². The van der Waals surface area contributed by atoms with E-state index in [4.69, 9.17) is 0 Å². The fourth-order valence-electron chi connectivity index (χ4n) is 3.09. The van der Waals surface area contributed by atoms with Crippen LogP contribution >= 0.6 is 11.3 Å². The smallest absolute Gasteiger partial charge is 0.121 e. The molecule has 2 heterocycles. The van der Waals surface area contributed by atoms with Gasteiger partial charge in [0, 0.05) is 31.1 Å². The molecule has 2 N–H and O–H groups in total. The molecule has 0 aliphatic carbocycles. The SMILES string of the molecule is Cc1cc([C@H](c2cccs2)N2CCNCC2)cc(C)c1O. The largest absolute Gasteiger partial charge is 0.507 e. The van der Waals surface area contributed by atoms with E-state index in [9.17, 15) is 5.11 Å². The summed E-state index contributed by atoms with van der Waals surface area (Å²) in [6.45, 7) is 8.16. The lowest BCUT2D eigenvalue weighted by atomic mass is 9.97. The number of thiophene rings is 1. The van der Waals surface area contributed by atoms with Gasteiger partial charge in [-0.15, -0.1) is 11.3 Å². The van der Waals surface area contributed by atoms with Gasteiger partial charge in [0.05, 0.1) is 6.04 Å². The normalized spacial score (nSPS) is 17.8. The van der Waals surface area contributed by atoms with Crippen molar-refractivity contribution in [2.24, 2.45) is 0 Å². The molecule has 1 atom stereocenters. The van der Waals surface area contributed by atoms with Crippen molar-refractivity contribution >= 4 is 11.3 Å². The van der Waals surface area contributed by atoms with E-state index in [1.165, 1.54) is 10.4 Å². The van der Waals surface area contributed by atoms with E-state index in [0.717, 1.165) is 37.3 Å². The van der Waals surface area contributed by atoms with Crippen molar-refractivity contribution in [1.82, 2.24) is 10.2 Å². The molecule has 112 valence electrons. The van der Waals surface area contributed by atoms with Crippen molar-refractivity contribution in [3.8, 4) is 5.75 Å². The van der Waals surface area contributed by atoms with Crippen molar-refractivity contribution in [2.45, 2.75) is 19.9 Å². The molecule has 0 bridgehead atoms. The number of hydrogen-bond acceptors (Lipinski definition) is 4. The Morgan fingerprint density at radius 3 is 2.43 bits per heavy atom. The van der Waals surface area contributed by atoms with Crippen LogP contribution < -0.4 is 5.32 Å². The molecule has 4 heteroatoms. The van der Waals surface area contributed by atoms with Crippen LogP contribution in [0.5, 0.6) is 5.75 Å². The first kappa shape index (κ1) is 14.6. The minimum atomic E-state index is 0.296. The van der Waals surface area contributed by atoms with Crippen LogP contribution in [-0.4, -0.2) is 36.2 Å². The highest BCUT2D eigenvalue weighted by molar-refractivity contribution is 7.10. The summed E-state index contributed by atoms with van der Waals surface area (Å²) in [5.74, 6) is 0.420. The zero-order valence-corrected chi connectivity index (χ0v) is 13.4. The van der Waals surface area contributed by atoms with Crippen LogP contribution in [0.4, 0.5) is 0 Å². The summed E-state index contributed by atoms with van der Waals surface area (Å²) < 4.78 is 0. The van der Waals surface area contributed by atoms with E-state index in [1.54, 1.807) is 0 Å². The van der Waals surface area contributed by atoms with Gasteiger partial charge in [-0.05, 0) is 42.0 Å². The number of hydrogen-bond donors (Lipinski definition) is 2. The molecule has 0 unspecified atom stereocenters. The number of aryl methyl sites for hydroxylation is 2. The molecule has 1 aliphatic heterocycles. The monoisotopic (exact) mass is 302 g/mol. The molecule has 1 aromatic carbocycles. The van der Waals surface area contributed by atoms with Gasteiger partial charge in [-0.2, -0.15) is 0 Å². The molecule has 1 saturated heterocycles. The Labute approximate surface area is 130 Å². The molecule has 21 heavy (non-hydrogen) atoms. The Balaban J connectivity index is 2.02. The first-order valence-electron chi connectivity index (χ1n) is 7.45. The fraction of sp³-hybridized carbons (Fsp3) is 0.412. The first-order valence-corrected chi connectivity index (χ1v) is 8.33. The van der Waals surface area contributed by atoms with E-state index in [1.807, 2.05) is 25.2 Å². The number of piperazine rings is 1. The number of benzene rings is 1. The van der Waals surface area contributed by atoms with Gasteiger partial charge in [0.15, 0.2) is 0 Å². The number of nitrogens with zero attached hydrogens (tertiary/aromatic N) is 1. The predicted molar refractivity (Wildman–Crippen MR) is 88.2 cm³/mol. The highest BCUT2D eigenvalue weighted by atomic mass is 32.1. The standard InChI is InChI=1S/C17H22N2OS/c1-12-10-14(11-13(2)17(12)20)16(15-4-3-9-21-15)19-7-5-18-6-8-19/h3-4,9-11,16,18,20H,5-8H2,1-2H3/t16-/m1/s1. The molecule has 1 fully saturated rings. The summed E-state index contributed by atoms with van der Waals surface area (Å²) in [5, 5.41) is 15.6. The summed E-state index contributed by atoms with van der Waals surface area (Å²) >= 11 is 1.81. The molecular formula is C17H22N2OS. The summed E-state index contributed by atoms with van der Waals surface area (Å²) in [6.07, 6.45) is 0. The summed E-state index contributed by atoms with van der Waals surface area (Å²) in [5.41, 5.74) is 3.20. The van der Waals surface area contributed by atoms with Crippen molar-refractivity contribution in [1.29, 1.82) is 0 Å². The maximum absolute atomic E-state index is 10.0. The molecule has 2 aromatic rings. The maximum atomic E-state index is 10.0. The van der Waals surface area contributed by atoms with Crippen LogP contribution in [0.2, 0.25) is 0 Å². The zero-order chi connectivity index (χ0) is 14.8. The molecule has 0 radical (unpaired) electrons. The van der Waals surface area contributed by atoms with Gasteiger partial charge in [0.2, 0.25) is 0 Å². The van der Waals surface area contributed by atoms with Gasteiger partial charge in [-0.1, -0.05) is 18.2 Å². The van der Waals surface area contributed by atoms with Gasteiger partial charge in [-0.3, -0.25) is 4.90 Å². The molecule has 0 saturated carbocycles. The number of nitrogens with one attached hydrogen (secondary N) is 1. The Morgan fingerprint density at radius 1 is 1.19 bits per heavy atom. The van der Waals surface area contributed by atoms with Gasteiger partial charge >= 0.3 is 0 Å². The van der Waals surface area contributed by atoms with Crippen LogP contribution in [-0.2, 0) is 0 Å². The highest BCUT2D eigenvalue weighted by Crippen LogP contribution is 2.35. The Kier molecular flexibility index (Phi) is 4.29. The van der Waals surface area contributed by atoms with E-state index >= 15 is 0 Å². The minimum Gasteiger partial charge on any atom is -0.507 e. The lowest BCUT2D eigenvalue weighted by molar-refractivity contribution is 0.200. The Hall–Kier alpha value is -1.36. The summed E-state index contributed by atoms with van der Waals surface area (Å²) in [6, 6.07) is 8.90. The van der Waals surface area contributed by atoms with E-state index in [0.29, 0.717) is 11.8 Å². The summed E-state index contributed by atoms with van der Waals surface area (Å²) in [4.78, 5) is 3.91. The lowest BCUT2D eigenvalue weighted by Gasteiger charge is -2.35. The highest BCUT2D eigenvalue weighted by Gasteiger charge is 2.25. The minimum absolute atomic E-state index is 0.296. The number of rotatable bonds is 3. The molecule has 0 amide bonds. The topological polar surface area (TPSA) is 35.5 Å². The average molecular weight is 302 g/mol. The van der Waals surface area contributed by atoms with E-state index in [-0.39, 0.29) is 0 Å². The van der Waals surface area contributed by atoms with Crippen molar-refractivity contribution in [2.75, 3.05) is 26.2 Å². The molecule has 3 nitrogen and oxygen atoms in total. The molecule has 1 aliphatic rings. The zero-order valence-electron chi connectivity index (χ0n) is 12.6. The second-order valence-electron chi connectivity index (χ2n) is 5.71. The summed E-state index contributed by atoms with van der Waals surface area (Å²) in [7, 11) is 0. The van der Waals surface area contributed by atoms with E-state index in [2.05, 4.69) is 39.9 Å². The van der Waals surface area contributed by atoms with Gasteiger partial charge in [-0.25, -0.2) is 0 Å². The second-order valence-corrected chi connectivity index (χ2v) is 6.69. The average Bonchev–Trinajstić information content (AvgIpc) is 3.00. The molecular weight excluding hydrogens is 280 g/mol. The Morgan fingerprint density at radius 2 is 1.86 bits per heavy atom. The van der Waals surface area contributed by atoms with Crippen LogP contribution in [0.1, 0.15) is 27.6 Å². The van der Waals surface area contributed by atoms with Crippen molar-refractivity contribution in [3.05, 3.63) is 51.2 Å². The first-order chi connectivity index (χ1) is 10.2. The molecule has 3 rings (SSSR count). The number of aromatic hydroxyl groups is 1. The van der Waals surface area contributed by atoms with Crippen molar-refractivity contribution < 1.29 is 5.11 Å². The van der Waals surface area contributed by atoms with Crippen LogP contribution in [0.3, 0.4) is 0 Å². The molecule has 1 aromatic heterocycles. The van der Waals surface area contributed by atoms with Gasteiger partial charge < -0.3 is 10.4 Å². The Bertz CT molecular complexity index is 580. The second kappa shape index (κ2) is 6.18. The fourth-order valence-corrected chi connectivity index (χ4v) is 3.97. The van der Waals surface area contributed by atoms with Crippen LogP contribution in [0, 0.1) is 13.8 Å². The third-order valence-corrected chi connectivity index (χ3v) is 5.08. The van der Waals surface area contributed by atoms with Gasteiger partial charge in [0.25, 0.3) is 0 Å². The van der Waals surface area contributed by atoms with Crippen LogP contribution in [0.15, 0.2) is 29.6 Å². The number of phenolic OH excluding ortho intramolecular Hbond substituents is 1. The predicted octanol–water partition coefficient (Wildman–Crippen LogP) is 3.07. The quantitative estimate of drug-likeness (QED) is 0.914. The van der Waals surface area contributed by atoms with Crippen LogP contribution in [0.25, 0.3) is 0 Å². The van der Waals surface area contributed by atoms with E-state index < -0.39 is 0 Å². The molecule has 0 spiro atoms. The number of phenols is 1. The third kappa shape index (κ3) is 2.98. The van der Waals surface area contributed by atoms with Gasteiger partial charge in [0.1, 0.15) is 5.75 Å².